The predicted octanol–water partition coefficient (Wildman–Crippen LogP) is 1.60. The van der Waals surface area contributed by atoms with E-state index in [1.807, 2.05) is 21.7 Å². The molecular weight excluding hydrogens is 328 g/mol. The minimum Gasteiger partial charge on any atom is -0.480 e. The summed E-state index contributed by atoms with van der Waals surface area (Å²) in [7, 11) is 0. The monoisotopic (exact) mass is 350 g/mol. The van der Waals surface area contributed by atoms with Gasteiger partial charge in [0.25, 0.3) is 0 Å². The third-order valence-corrected chi connectivity index (χ3v) is 6.04. The third kappa shape index (κ3) is 3.31. The van der Waals surface area contributed by atoms with Crippen LogP contribution in [0.4, 0.5) is 0 Å². The van der Waals surface area contributed by atoms with E-state index < -0.39 is 12.0 Å². The zero-order valence-electron chi connectivity index (χ0n) is 13.7. The molecule has 0 saturated carbocycles. The van der Waals surface area contributed by atoms with Crippen LogP contribution in [0.15, 0.2) is 16.8 Å². The molecule has 6 nitrogen and oxygen atoms in total. The van der Waals surface area contributed by atoms with Crippen molar-refractivity contribution in [2.75, 3.05) is 19.6 Å². The lowest BCUT2D eigenvalue weighted by Gasteiger charge is -2.39. The van der Waals surface area contributed by atoms with Crippen LogP contribution < -0.4 is 0 Å². The van der Waals surface area contributed by atoms with Crippen LogP contribution in [-0.4, -0.2) is 58.4 Å². The smallest absolute Gasteiger partial charge is 0.326 e. The Morgan fingerprint density at radius 2 is 2.04 bits per heavy atom. The molecule has 130 valence electrons. The van der Waals surface area contributed by atoms with Crippen LogP contribution >= 0.6 is 11.3 Å². The second-order valence-corrected chi connectivity index (χ2v) is 7.67. The number of thiophene rings is 1. The van der Waals surface area contributed by atoms with E-state index in [1.165, 1.54) is 11.8 Å². The van der Waals surface area contributed by atoms with Gasteiger partial charge < -0.3 is 14.9 Å². The molecule has 1 N–H and O–H groups in total. The molecule has 1 unspecified atom stereocenters. The van der Waals surface area contributed by atoms with E-state index in [4.69, 9.17) is 0 Å². The standard InChI is InChI=1S/C17H22N2O4S/c1-12(20)19-11-17(9-14(19)16(22)23)3-5-18(6-4-17)15(21)8-13-2-7-24-10-13/h2,7,10,14H,3-6,8-9,11H2,1H3,(H,22,23). The molecule has 2 amide bonds. The van der Waals surface area contributed by atoms with E-state index in [1.54, 1.807) is 11.3 Å². The Labute approximate surface area is 145 Å². The fourth-order valence-electron chi connectivity index (χ4n) is 3.88. The summed E-state index contributed by atoms with van der Waals surface area (Å²) in [6.45, 7) is 3.20. The van der Waals surface area contributed by atoms with Crippen LogP contribution in [-0.2, 0) is 20.8 Å². The second kappa shape index (κ2) is 6.55. The topological polar surface area (TPSA) is 77.9 Å². The first-order valence-electron chi connectivity index (χ1n) is 8.19. The second-order valence-electron chi connectivity index (χ2n) is 6.89. The van der Waals surface area contributed by atoms with E-state index in [9.17, 15) is 19.5 Å². The summed E-state index contributed by atoms with van der Waals surface area (Å²) in [5, 5.41) is 13.3. The van der Waals surface area contributed by atoms with Crippen LogP contribution in [0.1, 0.15) is 31.7 Å². The highest BCUT2D eigenvalue weighted by atomic mass is 32.1. The van der Waals surface area contributed by atoms with Crippen LogP contribution in [0.5, 0.6) is 0 Å². The van der Waals surface area contributed by atoms with Gasteiger partial charge in [-0.2, -0.15) is 11.3 Å². The van der Waals surface area contributed by atoms with E-state index in [-0.39, 0.29) is 17.2 Å². The van der Waals surface area contributed by atoms with Gasteiger partial charge >= 0.3 is 5.97 Å². The first-order chi connectivity index (χ1) is 11.4. The molecule has 1 atom stereocenters. The van der Waals surface area contributed by atoms with Crippen molar-refractivity contribution >= 4 is 29.1 Å². The van der Waals surface area contributed by atoms with Gasteiger partial charge in [0.2, 0.25) is 11.8 Å². The number of nitrogens with zero attached hydrogens (tertiary/aromatic N) is 2. The number of amides is 2. The van der Waals surface area contributed by atoms with Crippen molar-refractivity contribution in [3.63, 3.8) is 0 Å². The van der Waals surface area contributed by atoms with Gasteiger partial charge in [-0.25, -0.2) is 4.79 Å². The van der Waals surface area contributed by atoms with Crippen molar-refractivity contribution in [2.45, 2.75) is 38.6 Å². The number of aliphatic carboxylic acids is 1. The number of rotatable bonds is 3. The van der Waals surface area contributed by atoms with E-state index in [0.717, 1.165) is 18.4 Å². The summed E-state index contributed by atoms with van der Waals surface area (Å²) < 4.78 is 0. The Morgan fingerprint density at radius 1 is 1.33 bits per heavy atom. The minimum atomic E-state index is -0.932. The molecule has 1 spiro atoms. The third-order valence-electron chi connectivity index (χ3n) is 5.31. The fraction of sp³-hybridized carbons (Fsp3) is 0.588. The molecule has 2 aliphatic rings. The summed E-state index contributed by atoms with van der Waals surface area (Å²) >= 11 is 1.59. The largest absolute Gasteiger partial charge is 0.480 e. The molecule has 0 aromatic carbocycles. The Balaban J connectivity index is 1.61. The number of carbonyl (C=O) groups is 3. The number of hydrogen-bond donors (Lipinski definition) is 1. The van der Waals surface area contributed by atoms with E-state index >= 15 is 0 Å². The number of piperidine rings is 1. The Bertz CT molecular complexity index is 611. The molecule has 3 heterocycles. The molecule has 3 rings (SSSR count). The van der Waals surface area contributed by atoms with Gasteiger partial charge in [0.1, 0.15) is 6.04 Å². The molecule has 2 fully saturated rings. The van der Waals surface area contributed by atoms with Crippen LogP contribution in [0, 0.1) is 5.41 Å². The van der Waals surface area contributed by atoms with Crippen molar-refractivity contribution < 1.29 is 19.5 Å². The molecule has 0 radical (unpaired) electrons. The van der Waals surface area contributed by atoms with Crippen molar-refractivity contribution in [2.24, 2.45) is 5.41 Å². The maximum atomic E-state index is 12.4. The lowest BCUT2D eigenvalue weighted by molar-refractivity contribution is -0.147. The zero-order valence-corrected chi connectivity index (χ0v) is 14.6. The molecule has 1 aromatic heterocycles. The summed E-state index contributed by atoms with van der Waals surface area (Å²) in [6.07, 6.45) is 2.44. The normalized spacial score (nSPS) is 22.8. The van der Waals surface area contributed by atoms with Gasteiger partial charge in [0.05, 0.1) is 6.42 Å². The molecule has 2 saturated heterocycles. The SMILES string of the molecule is CC(=O)N1CC2(CCN(C(=O)Cc3ccsc3)CC2)CC1C(=O)O. The van der Waals surface area contributed by atoms with Crippen molar-refractivity contribution in [3.05, 3.63) is 22.4 Å². The highest BCUT2D eigenvalue weighted by Crippen LogP contribution is 2.43. The Kier molecular flexibility index (Phi) is 4.62. The summed E-state index contributed by atoms with van der Waals surface area (Å²) in [4.78, 5) is 38.9. The molecule has 24 heavy (non-hydrogen) atoms. The van der Waals surface area contributed by atoms with Crippen molar-refractivity contribution in [1.82, 2.24) is 9.80 Å². The molecule has 1 aromatic rings. The predicted molar refractivity (Wildman–Crippen MR) is 89.7 cm³/mol. The number of likely N-dealkylation sites (tertiary alicyclic amines) is 2. The zero-order chi connectivity index (χ0) is 17.3. The number of hydrogen-bond acceptors (Lipinski definition) is 4. The average Bonchev–Trinajstić information content (AvgIpc) is 3.16. The van der Waals surface area contributed by atoms with Gasteiger partial charge in [-0.05, 0) is 47.1 Å². The van der Waals surface area contributed by atoms with E-state index in [2.05, 4.69) is 0 Å². The molecule has 7 heteroatoms. The highest BCUT2D eigenvalue weighted by molar-refractivity contribution is 7.08. The Hall–Kier alpha value is -1.89. The molecule has 0 bridgehead atoms. The Morgan fingerprint density at radius 3 is 2.54 bits per heavy atom. The molecule has 0 aliphatic carbocycles. The van der Waals surface area contributed by atoms with Gasteiger partial charge in [0.15, 0.2) is 0 Å². The van der Waals surface area contributed by atoms with E-state index in [0.29, 0.717) is 32.5 Å². The number of carboxylic acids is 1. The van der Waals surface area contributed by atoms with Crippen molar-refractivity contribution in [1.29, 1.82) is 0 Å². The van der Waals surface area contributed by atoms with Crippen LogP contribution in [0.25, 0.3) is 0 Å². The first-order valence-corrected chi connectivity index (χ1v) is 9.13. The fourth-order valence-corrected chi connectivity index (χ4v) is 4.55. The van der Waals surface area contributed by atoms with Gasteiger partial charge in [0, 0.05) is 26.6 Å². The van der Waals surface area contributed by atoms with Crippen molar-refractivity contribution in [3.8, 4) is 0 Å². The minimum absolute atomic E-state index is 0.124. The lowest BCUT2D eigenvalue weighted by Crippen LogP contribution is -2.45. The molecular formula is C17H22N2O4S. The summed E-state index contributed by atoms with van der Waals surface area (Å²) in [5.74, 6) is -0.993. The quantitative estimate of drug-likeness (QED) is 0.898. The van der Waals surface area contributed by atoms with Gasteiger partial charge in [-0.15, -0.1) is 0 Å². The highest BCUT2D eigenvalue weighted by Gasteiger charge is 2.49. The number of carbonyl (C=O) groups excluding carboxylic acids is 2. The van der Waals surface area contributed by atoms with Gasteiger partial charge in [-0.3, -0.25) is 9.59 Å². The lowest BCUT2D eigenvalue weighted by atomic mass is 9.76. The van der Waals surface area contributed by atoms with Gasteiger partial charge in [-0.1, -0.05) is 0 Å². The first kappa shape index (κ1) is 17.0. The maximum Gasteiger partial charge on any atom is 0.326 e. The summed E-state index contributed by atoms with van der Waals surface area (Å²) in [5.41, 5.74) is 0.883. The summed E-state index contributed by atoms with van der Waals surface area (Å²) in [6, 6.07) is 1.24. The van der Waals surface area contributed by atoms with Crippen LogP contribution in [0.2, 0.25) is 0 Å². The van der Waals surface area contributed by atoms with Crippen LogP contribution in [0.3, 0.4) is 0 Å². The maximum absolute atomic E-state index is 12.4. The molecule has 2 aliphatic heterocycles. The average molecular weight is 350 g/mol. The number of carboxylic acid groups (broad SMARTS) is 1.